The predicted octanol–water partition coefficient (Wildman–Crippen LogP) is 2.47. The zero-order valence-corrected chi connectivity index (χ0v) is 13.3. The lowest BCUT2D eigenvalue weighted by molar-refractivity contribution is -0.116. The minimum Gasteiger partial charge on any atom is -0.497 e. The third kappa shape index (κ3) is 5.47. The van der Waals surface area contributed by atoms with Crippen LogP contribution in [0.25, 0.3) is 6.08 Å². The molecule has 0 spiro atoms. The van der Waals surface area contributed by atoms with E-state index < -0.39 is 0 Å². The number of nitrogens with zero attached hydrogens (tertiary/aromatic N) is 1. The maximum atomic E-state index is 11.8. The van der Waals surface area contributed by atoms with E-state index in [1.165, 1.54) is 6.08 Å². The van der Waals surface area contributed by atoms with Gasteiger partial charge in [0.15, 0.2) is 0 Å². The van der Waals surface area contributed by atoms with Gasteiger partial charge in [0.1, 0.15) is 11.5 Å². The number of carbonyl (C=O) groups is 1. The highest BCUT2D eigenvalue weighted by molar-refractivity contribution is 5.91. The Morgan fingerprint density at radius 1 is 1.17 bits per heavy atom. The van der Waals surface area contributed by atoms with Gasteiger partial charge in [0.05, 0.1) is 14.2 Å². The Bertz CT molecular complexity index is 647. The summed E-state index contributed by atoms with van der Waals surface area (Å²) in [5.74, 6) is 1.21. The van der Waals surface area contributed by atoms with Crippen LogP contribution in [0, 0.1) is 0 Å². The van der Waals surface area contributed by atoms with Crippen molar-refractivity contribution in [2.45, 2.75) is 6.42 Å². The first-order valence-electron chi connectivity index (χ1n) is 7.30. The van der Waals surface area contributed by atoms with E-state index in [1.54, 1.807) is 32.6 Å². The van der Waals surface area contributed by atoms with Crippen molar-refractivity contribution in [3.63, 3.8) is 0 Å². The average Bonchev–Trinajstić information content (AvgIpc) is 2.60. The first kappa shape index (κ1) is 16.5. The molecular formula is C18H20N2O3. The second-order valence-corrected chi connectivity index (χ2v) is 4.84. The molecule has 23 heavy (non-hydrogen) atoms. The normalized spacial score (nSPS) is 10.5. The number of carbonyl (C=O) groups excluding carboxylic acids is 1. The van der Waals surface area contributed by atoms with E-state index in [9.17, 15) is 4.79 Å². The van der Waals surface area contributed by atoms with E-state index in [-0.39, 0.29) is 5.91 Å². The Kier molecular flexibility index (Phi) is 6.17. The van der Waals surface area contributed by atoms with Crippen molar-refractivity contribution in [2.75, 3.05) is 20.8 Å². The number of hydrogen-bond acceptors (Lipinski definition) is 4. The Hall–Kier alpha value is -2.82. The molecule has 120 valence electrons. The van der Waals surface area contributed by atoms with Gasteiger partial charge in [-0.2, -0.15) is 0 Å². The Balaban J connectivity index is 1.88. The van der Waals surface area contributed by atoms with Crippen molar-refractivity contribution < 1.29 is 14.3 Å². The molecule has 0 atom stereocenters. The molecule has 0 bridgehead atoms. The van der Waals surface area contributed by atoms with Gasteiger partial charge in [-0.3, -0.25) is 9.78 Å². The molecule has 1 heterocycles. The minimum atomic E-state index is -0.150. The Morgan fingerprint density at radius 3 is 2.52 bits per heavy atom. The van der Waals surface area contributed by atoms with Gasteiger partial charge in [0, 0.05) is 37.0 Å². The number of pyridine rings is 1. The topological polar surface area (TPSA) is 60.5 Å². The summed E-state index contributed by atoms with van der Waals surface area (Å²) in [7, 11) is 3.18. The molecule has 2 rings (SSSR count). The molecule has 0 saturated heterocycles. The van der Waals surface area contributed by atoms with Crippen LogP contribution in [0.2, 0.25) is 0 Å². The van der Waals surface area contributed by atoms with Crippen LogP contribution < -0.4 is 14.8 Å². The first-order chi connectivity index (χ1) is 11.2. The van der Waals surface area contributed by atoms with Crippen molar-refractivity contribution in [3.8, 4) is 11.5 Å². The van der Waals surface area contributed by atoms with Crippen LogP contribution in [-0.4, -0.2) is 31.7 Å². The number of nitrogens with one attached hydrogen (secondary N) is 1. The lowest BCUT2D eigenvalue weighted by atomic mass is 10.2. The van der Waals surface area contributed by atoms with Crippen LogP contribution in [0.1, 0.15) is 11.3 Å². The van der Waals surface area contributed by atoms with Crippen LogP contribution in [-0.2, 0) is 11.2 Å². The predicted molar refractivity (Wildman–Crippen MR) is 89.5 cm³/mol. The number of ether oxygens (including phenoxy) is 2. The van der Waals surface area contributed by atoms with Crippen molar-refractivity contribution in [1.29, 1.82) is 0 Å². The van der Waals surface area contributed by atoms with Crippen LogP contribution in [0.15, 0.2) is 48.7 Å². The third-order valence-corrected chi connectivity index (χ3v) is 3.21. The molecule has 1 N–H and O–H groups in total. The van der Waals surface area contributed by atoms with Crippen LogP contribution in [0.4, 0.5) is 0 Å². The molecule has 1 aromatic heterocycles. The summed E-state index contributed by atoms with van der Waals surface area (Å²) in [6, 6.07) is 11.2. The highest BCUT2D eigenvalue weighted by Gasteiger charge is 2.01. The zero-order chi connectivity index (χ0) is 16.5. The standard InChI is InChI=1S/C18H20N2O3/c1-22-16-11-14(12-17(13-16)23-2)6-7-18(21)20-10-8-15-5-3-4-9-19-15/h3-7,9,11-13H,8,10H2,1-2H3,(H,20,21)/b7-6+. The summed E-state index contributed by atoms with van der Waals surface area (Å²) < 4.78 is 10.4. The van der Waals surface area contributed by atoms with E-state index in [2.05, 4.69) is 10.3 Å². The fourth-order valence-corrected chi connectivity index (χ4v) is 2.02. The molecule has 0 aliphatic carbocycles. The minimum absolute atomic E-state index is 0.150. The highest BCUT2D eigenvalue weighted by atomic mass is 16.5. The third-order valence-electron chi connectivity index (χ3n) is 3.21. The lowest BCUT2D eigenvalue weighted by Crippen LogP contribution is -2.23. The van der Waals surface area contributed by atoms with Gasteiger partial charge in [0.2, 0.25) is 5.91 Å². The quantitative estimate of drug-likeness (QED) is 0.798. The molecule has 0 fully saturated rings. The Morgan fingerprint density at radius 2 is 1.91 bits per heavy atom. The molecule has 1 aromatic carbocycles. The van der Waals surface area contributed by atoms with Gasteiger partial charge < -0.3 is 14.8 Å². The molecule has 2 aromatic rings. The number of hydrogen-bond donors (Lipinski definition) is 1. The van der Waals surface area contributed by atoms with Gasteiger partial charge in [-0.15, -0.1) is 0 Å². The Labute approximate surface area is 136 Å². The first-order valence-corrected chi connectivity index (χ1v) is 7.30. The van der Waals surface area contributed by atoms with Crippen LogP contribution in [0.5, 0.6) is 11.5 Å². The van der Waals surface area contributed by atoms with E-state index >= 15 is 0 Å². The second-order valence-electron chi connectivity index (χ2n) is 4.84. The number of amides is 1. The van der Waals surface area contributed by atoms with E-state index in [4.69, 9.17) is 9.47 Å². The molecular weight excluding hydrogens is 292 g/mol. The van der Waals surface area contributed by atoms with Gasteiger partial charge in [-0.05, 0) is 35.9 Å². The maximum absolute atomic E-state index is 11.8. The summed E-state index contributed by atoms with van der Waals surface area (Å²) >= 11 is 0. The maximum Gasteiger partial charge on any atom is 0.244 e. The number of rotatable bonds is 7. The molecule has 5 heteroatoms. The number of methoxy groups -OCH3 is 2. The fraction of sp³-hybridized carbons (Fsp3) is 0.222. The SMILES string of the molecule is COc1cc(/C=C/C(=O)NCCc2ccccn2)cc(OC)c1. The average molecular weight is 312 g/mol. The van der Waals surface area contributed by atoms with E-state index in [0.717, 1.165) is 11.3 Å². The summed E-state index contributed by atoms with van der Waals surface area (Å²) in [5.41, 5.74) is 1.79. The second kappa shape index (κ2) is 8.58. The van der Waals surface area contributed by atoms with Crippen molar-refractivity contribution >= 4 is 12.0 Å². The van der Waals surface area contributed by atoms with Crippen molar-refractivity contribution in [2.24, 2.45) is 0 Å². The monoisotopic (exact) mass is 312 g/mol. The van der Waals surface area contributed by atoms with Gasteiger partial charge in [-0.1, -0.05) is 6.07 Å². The smallest absolute Gasteiger partial charge is 0.244 e. The summed E-state index contributed by atoms with van der Waals surface area (Å²) in [6.45, 7) is 0.543. The van der Waals surface area contributed by atoms with Crippen LogP contribution in [0.3, 0.4) is 0 Å². The van der Waals surface area contributed by atoms with Gasteiger partial charge in [-0.25, -0.2) is 0 Å². The van der Waals surface area contributed by atoms with Crippen LogP contribution >= 0.6 is 0 Å². The zero-order valence-electron chi connectivity index (χ0n) is 13.3. The number of aromatic nitrogens is 1. The highest BCUT2D eigenvalue weighted by Crippen LogP contribution is 2.23. The largest absolute Gasteiger partial charge is 0.497 e. The molecule has 1 amide bonds. The van der Waals surface area contributed by atoms with Gasteiger partial charge in [0.25, 0.3) is 0 Å². The molecule has 0 aliphatic heterocycles. The summed E-state index contributed by atoms with van der Waals surface area (Å²) in [5, 5.41) is 2.83. The van der Waals surface area contributed by atoms with Crippen molar-refractivity contribution in [3.05, 3.63) is 59.9 Å². The summed E-state index contributed by atoms with van der Waals surface area (Å²) in [4.78, 5) is 16.0. The summed E-state index contributed by atoms with van der Waals surface area (Å²) in [6.07, 6.45) is 5.66. The fourth-order valence-electron chi connectivity index (χ4n) is 2.02. The molecule has 0 saturated carbocycles. The number of benzene rings is 1. The lowest BCUT2D eigenvalue weighted by Gasteiger charge is -2.06. The van der Waals surface area contributed by atoms with E-state index in [1.807, 2.05) is 30.3 Å². The molecule has 0 aliphatic rings. The van der Waals surface area contributed by atoms with E-state index in [0.29, 0.717) is 24.5 Å². The molecule has 5 nitrogen and oxygen atoms in total. The molecule has 0 radical (unpaired) electrons. The van der Waals surface area contributed by atoms with Crippen molar-refractivity contribution in [1.82, 2.24) is 10.3 Å². The van der Waals surface area contributed by atoms with Gasteiger partial charge >= 0.3 is 0 Å². The molecule has 0 unspecified atom stereocenters.